The second-order valence-electron chi connectivity index (χ2n) is 5.03. The van der Waals surface area contributed by atoms with Crippen molar-refractivity contribution in [3.63, 3.8) is 0 Å². The molecule has 2 nitrogen and oxygen atoms in total. The lowest BCUT2D eigenvalue weighted by atomic mass is 9.82. The summed E-state index contributed by atoms with van der Waals surface area (Å²) in [4.78, 5) is 12.3. The maximum Gasteiger partial charge on any atom is 0.461 e. The Hall–Kier alpha value is -1.59. The fraction of sp³-hybridized carbons (Fsp3) is 0.500. The van der Waals surface area contributed by atoms with Crippen LogP contribution in [0.3, 0.4) is 0 Å². The van der Waals surface area contributed by atoms with E-state index in [-0.39, 0.29) is 5.56 Å². The summed E-state index contributed by atoms with van der Waals surface area (Å²) >= 11 is 0. The SMILES string of the molecule is CCC(C)(C)C(=O)c1ccccc1OC(F)(F)C(F)F. The Morgan fingerprint density at radius 2 is 1.80 bits per heavy atom. The molecule has 1 aromatic rings. The highest BCUT2D eigenvalue weighted by Gasteiger charge is 2.45. The second-order valence-corrected chi connectivity index (χ2v) is 5.03. The van der Waals surface area contributed by atoms with E-state index in [0.29, 0.717) is 6.42 Å². The number of benzene rings is 1. The molecule has 0 aliphatic carbocycles. The molecular formula is C14H16F4O2. The lowest BCUT2D eigenvalue weighted by Crippen LogP contribution is -2.34. The Morgan fingerprint density at radius 3 is 2.30 bits per heavy atom. The van der Waals surface area contributed by atoms with Crippen molar-refractivity contribution in [2.24, 2.45) is 5.41 Å². The zero-order valence-corrected chi connectivity index (χ0v) is 11.4. The molecule has 1 aromatic carbocycles. The number of halogens is 4. The first kappa shape index (κ1) is 16.5. The van der Waals surface area contributed by atoms with Crippen LogP contribution < -0.4 is 4.74 Å². The van der Waals surface area contributed by atoms with Crippen molar-refractivity contribution in [2.45, 2.75) is 39.7 Å². The third kappa shape index (κ3) is 3.49. The average Bonchev–Trinajstić information content (AvgIpc) is 2.38. The highest BCUT2D eigenvalue weighted by molar-refractivity contribution is 6.02. The zero-order chi connectivity index (χ0) is 15.6. The molecule has 0 amide bonds. The number of hydrogen-bond acceptors (Lipinski definition) is 2. The van der Waals surface area contributed by atoms with Gasteiger partial charge in [-0.1, -0.05) is 32.9 Å². The number of hydrogen-bond donors (Lipinski definition) is 0. The van der Waals surface area contributed by atoms with Crippen LogP contribution in [0.2, 0.25) is 0 Å². The van der Waals surface area contributed by atoms with E-state index in [0.717, 1.165) is 6.07 Å². The molecule has 0 atom stereocenters. The summed E-state index contributed by atoms with van der Waals surface area (Å²) in [6.45, 7) is 5.07. The molecule has 0 spiro atoms. The average molecular weight is 292 g/mol. The van der Waals surface area contributed by atoms with E-state index in [4.69, 9.17) is 0 Å². The third-order valence-corrected chi connectivity index (χ3v) is 3.13. The topological polar surface area (TPSA) is 26.3 Å². The lowest BCUT2D eigenvalue weighted by molar-refractivity contribution is -0.253. The minimum Gasteiger partial charge on any atom is -0.428 e. The van der Waals surface area contributed by atoms with Gasteiger partial charge in [0, 0.05) is 5.41 Å². The van der Waals surface area contributed by atoms with E-state index < -0.39 is 29.5 Å². The van der Waals surface area contributed by atoms with Crippen LogP contribution >= 0.6 is 0 Å². The molecule has 0 N–H and O–H groups in total. The number of ether oxygens (including phenoxy) is 1. The molecule has 20 heavy (non-hydrogen) atoms. The summed E-state index contributed by atoms with van der Waals surface area (Å²) in [6, 6.07) is 5.17. The first-order valence-corrected chi connectivity index (χ1v) is 6.10. The van der Waals surface area contributed by atoms with E-state index in [2.05, 4.69) is 4.74 Å². The van der Waals surface area contributed by atoms with Crippen LogP contribution in [-0.4, -0.2) is 18.3 Å². The lowest BCUT2D eigenvalue weighted by Gasteiger charge is -2.24. The van der Waals surface area contributed by atoms with Crippen molar-refractivity contribution in [3.05, 3.63) is 29.8 Å². The van der Waals surface area contributed by atoms with Gasteiger partial charge in [-0.15, -0.1) is 0 Å². The Labute approximate surface area is 114 Å². The molecule has 0 unspecified atom stereocenters. The van der Waals surface area contributed by atoms with Crippen molar-refractivity contribution in [3.8, 4) is 5.75 Å². The molecule has 0 bridgehead atoms. The number of ketones is 1. The van der Waals surface area contributed by atoms with Crippen LogP contribution in [0.25, 0.3) is 0 Å². The minimum atomic E-state index is -4.63. The van der Waals surface area contributed by atoms with Crippen LogP contribution in [0.4, 0.5) is 17.6 Å². The number of carbonyl (C=O) groups is 1. The Bertz CT molecular complexity index is 484. The quantitative estimate of drug-likeness (QED) is 0.568. The third-order valence-electron chi connectivity index (χ3n) is 3.13. The summed E-state index contributed by atoms with van der Waals surface area (Å²) < 4.78 is 54.3. The smallest absolute Gasteiger partial charge is 0.428 e. The Balaban J connectivity index is 3.16. The molecule has 112 valence electrons. The van der Waals surface area contributed by atoms with Gasteiger partial charge in [0.15, 0.2) is 5.78 Å². The fourth-order valence-electron chi connectivity index (χ4n) is 1.46. The van der Waals surface area contributed by atoms with E-state index >= 15 is 0 Å². The van der Waals surface area contributed by atoms with Crippen LogP contribution in [0.5, 0.6) is 5.75 Å². The first-order valence-electron chi connectivity index (χ1n) is 6.10. The van der Waals surface area contributed by atoms with Gasteiger partial charge >= 0.3 is 12.5 Å². The largest absolute Gasteiger partial charge is 0.461 e. The maximum absolute atomic E-state index is 13.0. The van der Waals surface area contributed by atoms with Crippen LogP contribution in [0.15, 0.2) is 24.3 Å². The molecule has 0 saturated carbocycles. The van der Waals surface area contributed by atoms with E-state index in [9.17, 15) is 22.4 Å². The van der Waals surface area contributed by atoms with Crippen molar-refractivity contribution in [2.75, 3.05) is 0 Å². The Kier molecular flexibility index (Phi) is 4.78. The predicted molar refractivity (Wildman–Crippen MR) is 66.4 cm³/mol. The molecule has 6 heteroatoms. The van der Waals surface area contributed by atoms with Crippen molar-refractivity contribution in [1.82, 2.24) is 0 Å². The molecular weight excluding hydrogens is 276 g/mol. The predicted octanol–water partition coefficient (Wildman–Crippen LogP) is 4.54. The van der Waals surface area contributed by atoms with E-state index in [1.807, 2.05) is 0 Å². The summed E-state index contributed by atoms with van der Waals surface area (Å²) in [5.41, 5.74) is -0.917. The molecule has 0 aromatic heterocycles. The summed E-state index contributed by atoms with van der Waals surface area (Å²) in [7, 11) is 0. The van der Waals surface area contributed by atoms with Crippen molar-refractivity contribution >= 4 is 5.78 Å². The van der Waals surface area contributed by atoms with Gasteiger partial charge in [0.25, 0.3) is 0 Å². The van der Waals surface area contributed by atoms with Gasteiger partial charge in [-0.25, -0.2) is 0 Å². The molecule has 0 heterocycles. The summed E-state index contributed by atoms with van der Waals surface area (Å²) in [6.07, 6.45) is -8.12. The standard InChI is InChI=1S/C14H16F4O2/c1-4-13(2,3)11(19)9-7-5-6-8-10(9)20-14(17,18)12(15)16/h5-8,12H,4H2,1-3H3. The van der Waals surface area contributed by atoms with Gasteiger partial charge in [-0.05, 0) is 18.6 Å². The highest BCUT2D eigenvalue weighted by Crippen LogP contribution is 2.34. The number of rotatable bonds is 6. The first-order chi connectivity index (χ1) is 9.12. The molecule has 0 saturated heterocycles. The zero-order valence-electron chi connectivity index (χ0n) is 11.4. The van der Waals surface area contributed by atoms with E-state index in [1.54, 1.807) is 20.8 Å². The van der Waals surface area contributed by atoms with Gasteiger partial charge in [0.1, 0.15) is 5.75 Å². The van der Waals surface area contributed by atoms with Gasteiger partial charge in [0.05, 0.1) is 5.56 Å². The summed E-state index contributed by atoms with van der Waals surface area (Å²) in [5, 5.41) is 0. The second kappa shape index (κ2) is 5.81. The molecule has 0 radical (unpaired) electrons. The van der Waals surface area contributed by atoms with Crippen molar-refractivity contribution < 1.29 is 27.1 Å². The highest BCUT2D eigenvalue weighted by atomic mass is 19.3. The van der Waals surface area contributed by atoms with Gasteiger partial charge in [-0.2, -0.15) is 17.6 Å². The van der Waals surface area contributed by atoms with Gasteiger partial charge < -0.3 is 4.74 Å². The molecule has 0 aliphatic heterocycles. The van der Waals surface area contributed by atoms with E-state index in [1.165, 1.54) is 18.2 Å². The number of para-hydroxylation sites is 1. The molecule has 1 rings (SSSR count). The minimum absolute atomic E-state index is 0.125. The number of alkyl halides is 4. The van der Waals surface area contributed by atoms with Crippen LogP contribution in [-0.2, 0) is 0 Å². The number of Topliss-reactive ketones (excluding diaryl/α,β-unsaturated/α-hetero) is 1. The van der Waals surface area contributed by atoms with Crippen molar-refractivity contribution in [1.29, 1.82) is 0 Å². The Morgan fingerprint density at radius 1 is 1.25 bits per heavy atom. The maximum atomic E-state index is 13.0. The molecule has 0 fully saturated rings. The van der Waals surface area contributed by atoms with Gasteiger partial charge in [0.2, 0.25) is 0 Å². The molecule has 0 aliphatic rings. The summed E-state index contributed by atoms with van der Waals surface area (Å²) in [5.74, 6) is -0.968. The van der Waals surface area contributed by atoms with Crippen LogP contribution in [0, 0.1) is 5.41 Å². The monoisotopic (exact) mass is 292 g/mol. The number of carbonyl (C=O) groups excluding carboxylic acids is 1. The van der Waals surface area contributed by atoms with Gasteiger partial charge in [-0.3, -0.25) is 4.79 Å². The van der Waals surface area contributed by atoms with Crippen LogP contribution in [0.1, 0.15) is 37.6 Å². The normalized spacial score (nSPS) is 12.6. The fourth-order valence-corrected chi connectivity index (χ4v) is 1.46.